The van der Waals surface area contributed by atoms with Crippen LogP contribution in [0.15, 0.2) is 60.7 Å². The van der Waals surface area contributed by atoms with E-state index in [0.29, 0.717) is 13.2 Å². The van der Waals surface area contributed by atoms with Crippen LogP contribution in [-0.4, -0.2) is 46.0 Å². The van der Waals surface area contributed by atoms with Gasteiger partial charge in [-0.2, -0.15) is 5.26 Å². The summed E-state index contributed by atoms with van der Waals surface area (Å²) in [6.07, 6.45) is 7.00. The Labute approximate surface area is 223 Å². The third-order valence-electron chi connectivity index (χ3n) is 8.54. The van der Waals surface area contributed by atoms with Gasteiger partial charge in [0.05, 0.1) is 29.7 Å². The van der Waals surface area contributed by atoms with Crippen LogP contribution in [0, 0.1) is 16.7 Å². The molecule has 0 bridgehead atoms. The van der Waals surface area contributed by atoms with Crippen LogP contribution in [0.1, 0.15) is 65.7 Å². The minimum atomic E-state index is -2.67. The van der Waals surface area contributed by atoms with Crippen LogP contribution in [0.5, 0.6) is 0 Å². The van der Waals surface area contributed by atoms with Crippen LogP contribution in [-0.2, 0) is 13.9 Å². The molecule has 3 aliphatic rings. The molecule has 2 aromatic carbocycles. The Balaban J connectivity index is 1.46. The molecule has 5 nitrogen and oxygen atoms in total. The van der Waals surface area contributed by atoms with Crippen molar-refractivity contribution in [3.63, 3.8) is 0 Å². The van der Waals surface area contributed by atoms with E-state index in [4.69, 9.17) is 13.9 Å². The van der Waals surface area contributed by atoms with Crippen LogP contribution >= 0.6 is 0 Å². The first-order valence-corrected chi connectivity index (χ1v) is 15.9. The number of ether oxygens (including phenoxy) is 2. The van der Waals surface area contributed by atoms with Crippen molar-refractivity contribution >= 4 is 18.7 Å². The molecule has 0 amide bonds. The summed E-state index contributed by atoms with van der Waals surface area (Å²) >= 11 is 0. The third-order valence-corrected chi connectivity index (χ3v) is 13.5. The van der Waals surface area contributed by atoms with Gasteiger partial charge in [-0.25, -0.2) is 0 Å². The van der Waals surface area contributed by atoms with Crippen molar-refractivity contribution in [2.45, 2.75) is 88.7 Å². The smallest absolute Gasteiger partial charge is 0.261 e. The largest absolute Gasteiger partial charge is 0.406 e. The molecule has 2 atom stereocenters. The Hall–Kier alpha value is -2.01. The molecule has 0 spiro atoms. The summed E-state index contributed by atoms with van der Waals surface area (Å²) in [5.41, 5.74) is -0.522. The van der Waals surface area contributed by atoms with E-state index in [1.165, 1.54) is 10.4 Å². The van der Waals surface area contributed by atoms with E-state index in [9.17, 15) is 5.26 Å². The van der Waals surface area contributed by atoms with E-state index in [2.05, 4.69) is 92.8 Å². The summed E-state index contributed by atoms with van der Waals surface area (Å²) in [6, 6.07) is 24.2. The lowest BCUT2D eigenvalue weighted by Gasteiger charge is -2.44. The number of benzene rings is 2. The second kappa shape index (κ2) is 10.6. The first kappa shape index (κ1) is 26.6. The Kier molecular flexibility index (Phi) is 7.64. The maximum absolute atomic E-state index is 9.75. The summed E-state index contributed by atoms with van der Waals surface area (Å²) in [4.78, 5) is 0. The van der Waals surface area contributed by atoms with Gasteiger partial charge in [-0.15, -0.1) is 0 Å². The average Bonchev–Trinajstić information content (AvgIpc) is 3.85. The summed E-state index contributed by atoms with van der Waals surface area (Å²) in [5.74, 6) is 0. The van der Waals surface area contributed by atoms with Gasteiger partial charge in [-0.1, -0.05) is 81.4 Å². The van der Waals surface area contributed by atoms with Gasteiger partial charge >= 0.3 is 0 Å². The second-order valence-electron chi connectivity index (χ2n) is 12.3. The third kappa shape index (κ3) is 5.57. The van der Waals surface area contributed by atoms with Crippen molar-refractivity contribution in [3.05, 3.63) is 60.7 Å². The Bertz CT molecular complexity index is 1030. The SMILES string of the molecule is CC(C)(C)[Si](OC[C@@H](NCC1(C#N)CC1)C1(OC2CCCCO2)CC1)(c1ccccc1)c1ccccc1. The maximum atomic E-state index is 9.75. The molecule has 1 unspecified atom stereocenters. The van der Waals surface area contributed by atoms with E-state index in [0.717, 1.165) is 51.6 Å². The lowest BCUT2D eigenvalue weighted by atomic mass is 10.1. The molecule has 1 aliphatic heterocycles. The molecule has 2 saturated carbocycles. The van der Waals surface area contributed by atoms with E-state index in [1.54, 1.807) is 0 Å². The van der Waals surface area contributed by atoms with E-state index >= 15 is 0 Å². The lowest BCUT2D eigenvalue weighted by molar-refractivity contribution is -0.205. The van der Waals surface area contributed by atoms with Crippen molar-refractivity contribution in [3.8, 4) is 6.07 Å². The van der Waals surface area contributed by atoms with Crippen LogP contribution in [0.2, 0.25) is 5.04 Å². The summed E-state index contributed by atoms with van der Waals surface area (Å²) < 4.78 is 20.0. The van der Waals surface area contributed by atoms with Gasteiger partial charge < -0.3 is 19.2 Å². The topological polar surface area (TPSA) is 63.5 Å². The fraction of sp³-hybridized carbons (Fsp3) is 0.581. The molecular formula is C31H42N2O3Si. The monoisotopic (exact) mass is 518 g/mol. The summed E-state index contributed by atoms with van der Waals surface area (Å²) in [6.45, 7) is 8.95. The zero-order valence-corrected chi connectivity index (χ0v) is 23.7. The Morgan fingerprint density at radius 2 is 1.62 bits per heavy atom. The molecular weight excluding hydrogens is 476 g/mol. The Morgan fingerprint density at radius 1 is 1.00 bits per heavy atom. The van der Waals surface area contributed by atoms with Gasteiger partial charge in [0.25, 0.3) is 8.32 Å². The summed E-state index contributed by atoms with van der Waals surface area (Å²) in [5, 5.41) is 16.0. The number of nitrogens with one attached hydrogen (secondary N) is 1. The molecule has 2 aliphatic carbocycles. The van der Waals surface area contributed by atoms with Crippen LogP contribution in [0.3, 0.4) is 0 Å². The highest BCUT2D eigenvalue weighted by atomic mass is 28.4. The molecule has 0 radical (unpaired) electrons. The number of hydrogen-bond acceptors (Lipinski definition) is 5. The number of hydrogen-bond donors (Lipinski definition) is 1. The minimum absolute atomic E-state index is 0.00509. The standard InChI is InChI=1S/C31H42N2O3Si/c1-29(2,3)37(25-12-6-4-7-13-25,26-14-8-5-9-15-26)35-22-27(33-24-30(23-32)17-18-30)31(19-20-31)36-28-16-10-11-21-34-28/h4-9,12-15,27-28,33H,10-11,16-22,24H2,1-3H3/t27-,28?/m1/s1. The van der Waals surface area contributed by atoms with Crippen LogP contribution in [0.25, 0.3) is 0 Å². The zero-order chi connectivity index (χ0) is 26.0. The van der Waals surface area contributed by atoms with Crippen molar-refractivity contribution in [2.75, 3.05) is 19.8 Å². The van der Waals surface area contributed by atoms with Crippen LogP contribution in [0.4, 0.5) is 0 Å². The molecule has 37 heavy (non-hydrogen) atoms. The van der Waals surface area contributed by atoms with Crippen molar-refractivity contribution in [1.82, 2.24) is 5.32 Å². The molecule has 198 valence electrons. The highest BCUT2D eigenvalue weighted by Gasteiger charge is 2.56. The Morgan fingerprint density at radius 3 is 2.08 bits per heavy atom. The summed E-state index contributed by atoms with van der Waals surface area (Å²) in [7, 11) is -2.67. The molecule has 1 heterocycles. The van der Waals surface area contributed by atoms with Gasteiger partial charge in [0, 0.05) is 13.2 Å². The first-order valence-electron chi connectivity index (χ1n) is 14.0. The average molecular weight is 519 g/mol. The molecule has 6 heteroatoms. The van der Waals surface area contributed by atoms with Crippen molar-refractivity contribution in [2.24, 2.45) is 5.41 Å². The van der Waals surface area contributed by atoms with Crippen molar-refractivity contribution in [1.29, 1.82) is 5.26 Å². The fourth-order valence-electron chi connectivity index (χ4n) is 5.90. The van der Waals surface area contributed by atoms with Gasteiger partial charge in [0.2, 0.25) is 0 Å². The van der Waals surface area contributed by atoms with Crippen LogP contribution < -0.4 is 15.7 Å². The predicted octanol–water partition coefficient (Wildman–Crippen LogP) is 4.90. The minimum Gasteiger partial charge on any atom is -0.406 e. The molecule has 0 aromatic heterocycles. The highest BCUT2D eigenvalue weighted by molar-refractivity contribution is 6.99. The number of nitrogens with zero attached hydrogens (tertiary/aromatic N) is 1. The molecule has 2 aromatic rings. The molecule has 5 rings (SSSR count). The van der Waals surface area contributed by atoms with Crippen molar-refractivity contribution < 1.29 is 13.9 Å². The maximum Gasteiger partial charge on any atom is 0.261 e. The van der Waals surface area contributed by atoms with Gasteiger partial charge in [0.1, 0.15) is 0 Å². The van der Waals surface area contributed by atoms with Gasteiger partial charge in [-0.3, -0.25) is 0 Å². The lowest BCUT2D eigenvalue weighted by Crippen LogP contribution is -2.68. The number of nitriles is 1. The quantitative estimate of drug-likeness (QED) is 0.429. The molecule has 1 N–H and O–H groups in total. The van der Waals surface area contributed by atoms with E-state index in [1.807, 2.05) is 0 Å². The molecule has 3 fully saturated rings. The predicted molar refractivity (Wildman–Crippen MR) is 149 cm³/mol. The van der Waals surface area contributed by atoms with E-state index in [-0.39, 0.29) is 28.4 Å². The molecule has 1 saturated heterocycles. The first-order chi connectivity index (χ1) is 17.8. The zero-order valence-electron chi connectivity index (χ0n) is 22.7. The second-order valence-corrected chi connectivity index (χ2v) is 16.6. The number of rotatable bonds is 11. The van der Waals surface area contributed by atoms with Gasteiger partial charge in [0.15, 0.2) is 6.29 Å². The highest BCUT2D eigenvalue weighted by Crippen LogP contribution is 2.48. The van der Waals surface area contributed by atoms with Gasteiger partial charge in [-0.05, 0) is 60.4 Å². The fourth-order valence-corrected chi connectivity index (χ4v) is 10.5. The van der Waals surface area contributed by atoms with E-state index < -0.39 is 8.32 Å². The normalized spacial score (nSPS) is 23.1.